The lowest BCUT2D eigenvalue weighted by atomic mass is 10.1. The third kappa shape index (κ3) is 1.86. The van der Waals surface area contributed by atoms with Crippen LogP contribution in [-0.2, 0) is 7.05 Å². The average Bonchev–Trinajstić information content (AvgIpc) is 2.51. The van der Waals surface area contributed by atoms with Crippen molar-refractivity contribution >= 4 is 11.0 Å². The Bertz CT molecular complexity index is 886. The summed E-state index contributed by atoms with van der Waals surface area (Å²) in [6.45, 7) is 0. The van der Waals surface area contributed by atoms with E-state index in [0.717, 1.165) is 16.6 Å². The molecule has 1 aromatic heterocycles. The van der Waals surface area contributed by atoms with E-state index in [1.165, 1.54) is 0 Å². The molecule has 0 bridgehead atoms. The highest BCUT2D eigenvalue weighted by atomic mass is 16.1. The number of rotatable bonds is 1. The van der Waals surface area contributed by atoms with Gasteiger partial charge in [0.05, 0.1) is 22.7 Å². The SMILES string of the molecule is Cn1c(=O)c(-c2ccc(C#N)cc2)nc2ccccc21. The van der Waals surface area contributed by atoms with E-state index < -0.39 is 0 Å². The van der Waals surface area contributed by atoms with Crippen LogP contribution < -0.4 is 5.56 Å². The Morgan fingerprint density at radius 1 is 1.10 bits per heavy atom. The lowest BCUT2D eigenvalue weighted by Crippen LogP contribution is -2.20. The quantitative estimate of drug-likeness (QED) is 0.676. The summed E-state index contributed by atoms with van der Waals surface area (Å²) in [6.07, 6.45) is 0. The third-order valence-electron chi connectivity index (χ3n) is 3.27. The summed E-state index contributed by atoms with van der Waals surface area (Å²) >= 11 is 0. The zero-order valence-electron chi connectivity index (χ0n) is 10.9. The van der Waals surface area contributed by atoms with Gasteiger partial charge in [0.2, 0.25) is 0 Å². The minimum atomic E-state index is -0.145. The second kappa shape index (κ2) is 4.63. The van der Waals surface area contributed by atoms with Crippen molar-refractivity contribution in [2.75, 3.05) is 0 Å². The zero-order valence-corrected chi connectivity index (χ0v) is 10.9. The standard InChI is InChI=1S/C16H11N3O/c1-19-14-5-3-2-4-13(14)18-15(16(19)20)12-8-6-11(10-17)7-9-12/h2-9H,1H3. The summed E-state index contributed by atoms with van der Waals surface area (Å²) in [6, 6.07) is 16.4. The molecule has 0 unspecified atom stereocenters. The number of nitriles is 1. The van der Waals surface area contributed by atoms with Crippen LogP contribution in [0.15, 0.2) is 53.3 Å². The topological polar surface area (TPSA) is 58.7 Å². The number of benzene rings is 2. The minimum Gasteiger partial charge on any atom is -0.308 e. The van der Waals surface area contributed by atoms with Gasteiger partial charge in [0, 0.05) is 12.6 Å². The van der Waals surface area contributed by atoms with E-state index in [2.05, 4.69) is 11.1 Å². The first-order chi connectivity index (χ1) is 9.70. The molecule has 0 aliphatic rings. The van der Waals surface area contributed by atoms with Crippen LogP contribution in [0.5, 0.6) is 0 Å². The van der Waals surface area contributed by atoms with Gasteiger partial charge in [0.15, 0.2) is 0 Å². The molecule has 3 aromatic rings. The van der Waals surface area contributed by atoms with E-state index in [0.29, 0.717) is 11.3 Å². The summed E-state index contributed by atoms with van der Waals surface area (Å²) < 4.78 is 1.59. The smallest absolute Gasteiger partial charge is 0.277 e. The second-order valence-electron chi connectivity index (χ2n) is 4.50. The van der Waals surface area contributed by atoms with Gasteiger partial charge in [-0.2, -0.15) is 5.26 Å². The molecule has 0 saturated heterocycles. The number of fused-ring (bicyclic) bond motifs is 1. The first kappa shape index (κ1) is 12.1. The van der Waals surface area contributed by atoms with Crippen molar-refractivity contribution in [2.45, 2.75) is 0 Å². The van der Waals surface area contributed by atoms with Crippen LogP contribution in [0.3, 0.4) is 0 Å². The fourth-order valence-corrected chi connectivity index (χ4v) is 2.17. The Hall–Kier alpha value is -2.93. The molecule has 20 heavy (non-hydrogen) atoms. The molecule has 3 rings (SSSR count). The fraction of sp³-hybridized carbons (Fsp3) is 0.0625. The molecule has 0 spiro atoms. The van der Waals surface area contributed by atoms with E-state index in [-0.39, 0.29) is 5.56 Å². The van der Waals surface area contributed by atoms with Gasteiger partial charge in [-0.25, -0.2) is 4.98 Å². The highest BCUT2D eigenvalue weighted by Gasteiger charge is 2.10. The molecule has 4 heteroatoms. The fourth-order valence-electron chi connectivity index (χ4n) is 2.17. The van der Waals surface area contributed by atoms with Gasteiger partial charge in [0.25, 0.3) is 5.56 Å². The number of para-hydroxylation sites is 2. The molecule has 0 N–H and O–H groups in total. The highest BCUT2D eigenvalue weighted by Crippen LogP contribution is 2.17. The van der Waals surface area contributed by atoms with Crippen molar-refractivity contribution in [3.05, 3.63) is 64.4 Å². The Labute approximate surface area is 115 Å². The first-order valence-electron chi connectivity index (χ1n) is 6.17. The van der Waals surface area contributed by atoms with Gasteiger partial charge in [-0.1, -0.05) is 24.3 Å². The molecule has 0 amide bonds. The van der Waals surface area contributed by atoms with Crippen LogP contribution in [0.25, 0.3) is 22.3 Å². The van der Waals surface area contributed by atoms with Crippen LogP contribution in [0, 0.1) is 11.3 Å². The number of aryl methyl sites for hydroxylation is 1. The molecular weight excluding hydrogens is 250 g/mol. The van der Waals surface area contributed by atoms with Crippen molar-refractivity contribution in [3.63, 3.8) is 0 Å². The zero-order chi connectivity index (χ0) is 14.1. The van der Waals surface area contributed by atoms with Gasteiger partial charge < -0.3 is 4.57 Å². The van der Waals surface area contributed by atoms with E-state index in [4.69, 9.17) is 5.26 Å². The van der Waals surface area contributed by atoms with Crippen LogP contribution in [-0.4, -0.2) is 9.55 Å². The predicted octanol–water partition coefficient (Wildman–Crippen LogP) is 2.47. The lowest BCUT2D eigenvalue weighted by molar-refractivity contribution is 0.895. The number of aromatic nitrogens is 2. The van der Waals surface area contributed by atoms with Gasteiger partial charge in [-0.05, 0) is 24.3 Å². The number of hydrogen-bond acceptors (Lipinski definition) is 3. The molecule has 0 atom stereocenters. The highest BCUT2D eigenvalue weighted by molar-refractivity contribution is 5.77. The Morgan fingerprint density at radius 3 is 2.50 bits per heavy atom. The molecule has 96 valence electrons. The Balaban J connectivity index is 2.28. The summed E-state index contributed by atoms with van der Waals surface area (Å²) in [5, 5.41) is 8.81. The maximum absolute atomic E-state index is 12.4. The Morgan fingerprint density at radius 2 is 1.80 bits per heavy atom. The summed E-state index contributed by atoms with van der Waals surface area (Å²) in [5.74, 6) is 0. The molecular formula is C16H11N3O. The molecule has 0 saturated carbocycles. The van der Waals surface area contributed by atoms with Gasteiger partial charge in [0.1, 0.15) is 5.69 Å². The van der Waals surface area contributed by atoms with Crippen molar-refractivity contribution < 1.29 is 0 Å². The van der Waals surface area contributed by atoms with E-state index >= 15 is 0 Å². The van der Waals surface area contributed by atoms with Gasteiger partial charge >= 0.3 is 0 Å². The monoisotopic (exact) mass is 261 g/mol. The molecule has 0 aliphatic heterocycles. The molecule has 1 heterocycles. The van der Waals surface area contributed by atoms with Crippen LogP contribution in [0.2, 0.25) is 0 Å². The van der Waals surface area contributed by atoms with E-state index in [1.807, 2.05) is 24.3 Å². The second-order valence-corrected chi connectivity index (χ2v) is 4.50. The summed E-state index contributed by atoms with van der Waals surface area (Å²) in [5.41, 5.74) is 3.11. The minimum absolute atomic E-state index is 0.145. The molecule has 2 aromatic carbocycles. The molecule has 0 aliphatic carbocycles. The van der Waals surface area contributed by atoms with Gasteiger partial charge in [-0.15, -0.1) is 0 Å². The van der Waals surface area contributed by atoms with Gasteiger partial charge in [-0.3, -0.25) is 4.79 Å². The van der Waals surface area contributed by atoms with Crippen molar-refractivity contribution in [1.82, 2.24) is 9.55 Å². The van der Waals surface area contributed by atoms with E-state index in [9.17, 15) is 4.79 Å². The summed E-state index contributed by atoms with van der Waals surface area (Å²) in [7, 11) is 1.74. The largest absolute Gasteiger partial charge is 0.308 e. The molecule has 0 fully saturated rings. The van der Waals surface area contributed by atoms with Crippen LogP contribution >= 0.6 is 0 Å². The normalized spacial score (nSPS) is 10.4. The van der Waals surface area contributed by atoms with Crippen molar-refractivity contribution in [1.29, 1.82) is 5.26 Å². The van der Waals surface area contributed by atoms with Crippen molar-refractivity contribution in [3.8, 4) is 17.3 Å². The number of hydrogen-bond donors (Lipinski definition) is 0. The lowest BCUT2D eigenvalue weighted by Gasteiger charge is -2.07. The van der Waals surface area contributed by atoms with Crippen LogP contribution in [0.1, 0.15) is 5.56 Å². The first-order valence-corrected chi connectivity index (χ1v) is 6.17. The maximum Gasteiger partial charge on any atom is 0.277 e. The molecule has 4 nitrogen and oxygen atoms in total. The third-order valence-corrected chi connectivity index (χ3v) is 3.27. The number of nitrogens with zero attached hydrogens (tertiary/aromatic N) is 3. The average molecular weight is 261 g/mol. The predicted molar refractivity (Wildman–Crippen MR) is 77.1 cm³/mol. The van der Waals surface area contributed by atoms with Crippen LogP contribution in [0.4, 0.5) is 0 Å². The summed E-state index contributed by atoms with van der Waals surface area (Å²) in [4.78, 5) is 16.8. The van der Waals surface area contributed by atoms with E-state index in [1.54, 1.807) is 35.9 Å². The maximum atomic E-state index is 12.4. The molecule has 0 radical (unpaired) electrons. The van der Waals surface area contributed by atoms with Crippen molar-refractivity contribution in [2.24, 2.45) is 7.05 Å². The Kier molecular flexibility index (Phi) is 2.81.